The molecule has 6 heteroatoms. The van der Waals surface area contributed by atoms with Gasteiger partial charge in [0, 0.05) is 25.7 Å². The number of ether oxygens (including phenoxy) is 6. The molecule has 2 aliphatic carbocycles. The van der Waals surface area contributed by atoms with Gasteiger partial charge in [0.25, 0.3) is 0 Å². The summed E-state index contributed by atoms with van der Waals surface area (Å²) in [5, 5.41) is 0. The first-order chi connectivity index (χ1) is 15.2. The van der Waals surface area contributed by atoms with Gasteiger partial charge in [0.05, 0.1) is 13.2 Å². The zero-order chi connectivity index (χ0) is 20.7. The molecule has 0 N–H and O–H groups in total. The van der Waals surface area contributed by atoms with Crippen LogP contribution in [0.5, 0.6) is 0 Å². The van der Waals surface area contributed by atoms with E-state index < -0.39 is 17.9 Å². The van der Waals surface area contributed by atoms with Crippen LogP contribution in [0.4, 0.5) is 0 Å². The SMILES string of the molecule is c1ccc(COC[C@@H]2O[C@H]3OC4(CCCCC4)O[C@@H]3[C@H]3OC4(CCCCC4)O[C@H]32)cc1. The van der Waals surface area contributed by atoms with Crippen molar-refractivity contribution in [1.29, 1.82) is 0 Å². The van der Waals surface area contributed by atoms with Crippen LogP contribution in [0, 0.1) is 0 Å². The third-order valence-electron chi connectivity index (χ3n) is 7.60. The molecular weight excluding hydrogens is 396 g/mol. The van der Waals surface area contributed by atoms with E-state index >= 15 is 0 Å². The van der Waals surface area contributed by atoms with Crippen molar-refractivity contribution in [3.63, 3.8) is 0 Å². The van der Waals surface area contributed by atoms with E-state index in [2.05, 4.69) is 12.1 Å². The Morgan fingerprint density at radius 2 is 1.32 bits per heavy atom. The highest BCUT2D eigenvalue weighted by Gasteiger charge is 2.63. The molecule has 5 aliphatic rings. The van der Waals surface area contributed by atoms with Gasteiger partial charge in [-0.2, -0.15) is 0 Å². The molecule has 3 heterocycles. The van der Waals surface area contributed by atoms with E-state index in [4.69, 9.17) is 28.4 Å². The van der Waals surface area contributed by atoms with E-state index in [1.165, 1.54) is 12.8 Å². The van der Waals surface area contributed by atoms with Crippen molar-refractivity contribution in [2.24, 2.45) is 0 Å². The van der Waals surface area contributed by atoms with E-state index in [-0.39, 0.29) is 24.4 Å². The molecule has 31 heavy (non-hydrogen) atoms. The van der Waals surface area contributed by atoms with Crippen LogP contribution in [0.15, 0.2) is 30.3 Å². The summed E-state index contributed by atoms with van der Waals surface area (Å²) in [6.45, 7) is 1.01. The Hall–Kier alpha value is -1.02. The molecule has 1 aromatic rings. The van der Waals surface area contributed by atoms with Gasteiger partial charge in [0.1, 0.15) is 24.4 Å². The number of fused-ring (bicyclic) bond motifs is 3. The summed E-state index contributed by atoms with van der Waals surface area (Å²) in [5.41, 5.74) is 1.15. The first-order valence-electron chi connectivity index (χ1n) is 12.2. The summed E-state index contributed by atoms with van der Waals surface area (Å²) in [7, 11) is 0. The van der Waals surface area contributed by atoms with Gasteiger partial charge in [-0.15, -0.1) is 0 Å². The molecule has 3 aliphatic heterocycles. The first kappa shape index (κ1) is 20.6. The normalized spacial score (nSPS) is 38.3. The second kappa shape index (κ2) is 8.40. The Bertz CT molecular complexity index is 742. The second-order valence-electron chi connectivity index (χ2n) is 9.85. The molecule has 0 amide bonds. The Morgan fingerprint density at radius 1 is 0.710 bits per heavy atom. The number of benzene rings is 1. The van der Waals surface area contributed by atoms with Crippen molar-refractivity contribution >= 4 is 0 Å². The fourth-order valence-electron chi connectivity index (χ4n) is 6.04. The van der Waals surface area contributed by atoms with Crippen LogP contribution < -0.4 is 0 Å². The molecule has 6 rings (SSSR count). The van der Waals surface area contributed by atoms with Gasteiger partial charge in [-0.25, -0.2) is 0 Å². The standard InChI is InChI=1S/C25H34O6/c1-4-10-18(11-5-1)16-26-17-19-20-21(29-24(28-20)12-6-2-7-13-24)22-23(27-19)31-25(30-22)14-8-3-9-15-25/h1,4-5,10-11,19-23H,2-3,6-9,12-17H2/t19-,20-,21-,22+,23-/m0/s1. The molecule has 0 aromatic heterocycles. The zero-order valence-electron chi connectivity index (χ0n) is 18.2. The first-order valence-corrected chi connectivity index (χ1v) is 12.2. The maximum atomic E-state index is 6.67. The lowest BCUT2D eigenvalue weighted by Gasteiger charge is -2.37. The van der Waals surface area contributed by atoms with Crippen LogP contribution in [0.1, 0.15) is 69.8 Å². The Balaban J connectivity index is 1.19. The summed E-state index contributed by atoms with van der Waals surface area (Å²) in [6.07, 6.45) is 9.60. The van der Waals surface area contributed by atoms with Gasteiger partial charge in [-0.05, 0) is 31.2 Å². The van der Waals surface area contributed by atoms with Gasteiger partial charge >= 0.3 is 0 Å². The monoisotopic (exact) mass is 430 g/mol. The van der Waals surface area contributed by atoms with E-state index in [1.807, 2.05) is 18.2 Å². The van der Waals surface area contributed by atoms with Gasteiger partial charge < -0.3 is 28.4 Å². The van der Waals surface area contributed by atoms with Crippen LogP contribution in [0.3, 0.4) is 0 Å². The molecule has 2 spiro atoms. The minimum absolute atomic E-state index is 0.163. The van der Waals surface area contributed by atoms with E-state index in [9.17, 15) is 0 Å². The maximum Gasteiger partial charge on any atom is 0.190 e. The fraction of sp³-hybridized carbons (Fsp3) is 0.760. The lowest BCUT2D eigenvalue weighted by Crippen LogP contribution is -2.56. The molecule has 0 unspecified atom stereocenters. The van der Waals surface area contributed by atoms with Crippen LogP contribution in [0.25, 0.3) is 0 Å². The molecule has 0 bridgehead atoms. The van der Waals surface area contributed by atoms with Crippen molar-refractivity contribution in [3.8, 4) is 0 Å². The molecule has 2 saturated carbocycles. The van der Waals surface area contributed by atoms with Crippen LogP contribution >= 0.6 is 0 Å². The highest BCUT2D eigenvalue weighted by molar-refractivity contribution is 5.13. The summed E-state index contributed by atoms with van der Waals surface area (Å²) in [5.74, 6) is -1.00. The lowest BCUT2D eigenvalue weighted by atomic mass is 9.94. The quantitative estimate of drug-likeness (QED) is 0.704. The molecule has 170 valence electrons. The van der Waals surface area contributed by atoms with Gasteiger partial charge in [0.2, 0.25) is 0 Å². The van der Waals surface area contributed by atoms with E-state index in [0.717, 1.165) is 56.9 Å². The van der Waals surface area contributed by atoms with E-state index in [1.54, 1.807) is 0 Å². The molecule has 0 radical (unpaired) electrons. The average Bonchev–Trinajstić information content (AvgIpc) is 3.34. The number of rotatable bonds is 4. The highest BCUT2D eigenvalue weighted by Crippen LogP contribution is 2.50. The number of hydrogen-bond acceptors (Lipinski definition) is 6. The largest absolute Gasteiger partial charge is 0.374 e. The Morgan fingerprint density at radius 3 is 2.03 bits per heavy atom. The molecule has 5 fully saturated rings. The van der Waals surface area contributed by atoms with Crippen molar-refractivity contribution in [2.45, 2.75) is 113 Å². The third-order valence-corrected chi connectivity index (χ3v) is 7.60. The molecule has 3 saturated heterocycles. The fourth-order valence-corrected chi connectivity index (χ4v) is 6.04. The van der Waals surface area contributed by atoms with Crippen LogP contribution in [-0.4, -0.2) is 48.9 Å². The summed E-state index contributed by atoms with van der Waals surface area (Å²) in [4.78, 5) is 0. The summed E-state index contributed by atoms with van der Waals surface area (Å²) >= 11 is 0. The minimum atomic E-state index is -0.510. The predicted octanol–water partition coefficient (Wildman–Crippen LogP) is 4.45. The van der Waals surface area contributed by atoms with Gasteiger partial charge in [0.15, 0.2) is 17.9 Å². The lowest BCUT2D eigenvalue weighted by molar-refractivity contribution is -0.256. The van der Waals surface area contributed by atoms with Crippen molar-refractivity contribution in [1.82, 2.24) is 0 Å². The summed E-state index contributed by atoms with van der Waals surface area (Å²) < 4.78 is 38.8. The topological polar surface area (TPSA) is 55.4 Å². The number of hydrogen-bond donors (Lipinski definition) is 0. The Labute approximate surface area is 184 Å². The smallest absolute Gasteiger partial charge is 0.190 e. The highest BCUT2D eigenvalue weighted by atomic mass is 16.9. The Kier molecular flexibility index (Phi) is 5.57. The van der Waals surface area contributed by atoms with E-state index in [0.29, 0.717) is 13.2 Å². The average molecular weight is 431 g/mol. The summed E-state index contributed by atoms with van der Waals surface area (Å²) in [6, 6.07) is 10.2. The van der Waals surface area contributed by atoms with Crippen LogP contribution in [-0.2, 0) is 35.0 Å². The van der Waals surface area contributed by atoms with Crippen molar-refractivity contribution < 1.29 is 28.4 Å². The van der Waals surface area contributed by atoms with Crippen molar-refractivity contribution in [3.05, 3.63) is 35.9 Å². The van der Waals surface area contributed by atoms with Crippen LogP contribution in [0.2, 0.25) is 0 Å². The second-order valence-corrected chi connectivity index (χ2v) is 9.85. The zero-order valence-corrected chi connectivity index (χ0v) is 18.2. The minimum Gasteiger partial charge on any atom is -0.374 e. The van der Waals surface area contributed by atoms with Gasteiger partial charge in [-0.1, -0.05) is 43.2 Å². The van der Waals surface area contributed by atoms with Crippen molar-refractivity contribution in [2.75, 3.05) is 6.61 Å². The molecule has 1 aromatic carbocycles. The molecular formula is C25H34O6. The maximum absolute atomic E-state index is 6.67. The molecule has 5 atom stereocenters. The van der Waals surface area contributed by atoms with Gasteiger partial charge in [-0.3, -0.25) is 0 Å². The predicted molar refractivity (Wildman–Crippen MR) is 112 cm³/mol. The molecule has 6 nitrogen and oxygen atoms in total. The third kappa shape index (κ3) is 3.96.